The molecule has 0 saturated heterocycles. The van der Waals surface area contributed by atoms with Gasteiger partial charge in [-0.05, 0) is 33.6 Å². The third-order valence-electron chi connectivity index (χ3n) is 4.11. The lowest BCUT2D eigenvalue weighted by atomic mass is 9.77. The molecule has 0 saturated carbocycles. The van der Waals surface area contributed by atoms with E-state index in [-0.39, 0.29) is 6.42 Å². The zero-order chi connectivity index (χ0) is 17.1. The van der Waals surface area contributed by atoms with Crippen LogP contribution in [0.3, 0.4) is 0 Å². The SMILES string of the molecule is CCC(O)C(C)(C[C@@H](C)n1cc(C)c(=O)[nH]c1=O)C(=O)OC. The number of methoxy groups -OCH3 is 1. The van der Waals surface area contributed by atoms with Gasteiger partial charge in [-0.3, -0.25) is 19.1 Å². The number of hydrogen-bond acceptors (Lipinski definition) is 5. The first-order valence-corrected chi connectivity index (χ1v) is 7.25. The Bertz CT molecular complexity index is 648. The first kappa shape index (κ1) is 18.2. The molecule has 0 aliphatic carbocycles. The van der Waals surface area contributed by atoms with Crippen LogP contribution in [0.1, 0.15) is 45.2 Å². The number of aromatic amines is 1. The number of carbonyl (C=O) groups excluding carboxylic acids is 1. The molecule has 0 fully saturated rings. The minimum absolute atomic E-state index is 0.208. The highest BCUT2D eigenvalue weighted by molar-refractivity contribution is 5.77. The smallest absolute Gasteiger partial charge is 0.328 e. The van der Waals surface area contributed by atoms with Crippen molar-refractivity contribution in [3.63, 3.8) is 0 Å². The summed E-state index contributed by atoms with van der Waals surface area (Å²) in [6, 6.07) is -0.395. The van der Waals surface area contributed by atoms with Gasteiger partial charge in [-0.2, -0.15) is 0 Å². The van der Waals surface area contributed by atoms with E-state index >= 15 is 0 Å². The third-order valence-corrected chi connectivity index (χ3v) is 4.11. The molecule has 0 bridgehead atoms. The van der Waals surface area contributed by atoms with Crippen LogP contribution in [-0.4, -0.2) is 33.8 Å². The quantitative estimate of drug-likeness (QED) is 0.755. The molecular formula is C15H24N2O5. The van der Waals surface area contributed by atoms with Gasteiger partial charge >= 0.3 is 11.7 Å². The Labute approximate surface area is 128 Å². The van der Waals surface area contributed by atoms with Crippen molar-refractivity contribution >= 4 is 5.97 Å². The number of esters is 1. The molecule has 7 heteroatoms. The topological polar surface area (TPSA) is 101 Å². The number of nitrogens with one attached hydrogen (secondary N) is 1. The minimum atomic E-state index is -1.13. The number of H-pyrrole nitrogens is 1. The van der Waals surface area contributed by atoms with E-state index in [1.165, 1.54) is 17.9 Å². The molecule has 7 nitrogen and oxygen atoms in total. The van der Waals surface area contributed by atoms with Gasteiger partial charge in [-0.1, -0.05) is 6.92 Å². The first-order valence-electron chi connectivity index (χ1n) is 7.25. The molecule has 0 aliphatic heterocycles. The standard InChI is InChI=1S/C15H24N2O5/c1-6-11(18)15(4,13(20)22-5)7-10(3)17-8-9(2)12(19)16-14(17)21/h8,10-11,18H,6-7H2,1-5H3,(H,16,19,21)/t10-,11?,15?/m1/s1. The summed E-state index contributed by atoms with van der Waals surface area (Å²) in [5, 5.41) is 10.2. The highest BCUT2D eigenvalue weighted by atomic mass is 16.5. The largest absolute Gasteiger partial charge is 0.469 e. The summed E-state index contributed by atoms with van der Waals surface area (Å²) in [7, 11) is 1.27. The van der Waals surface area contributed by atoms with Crippen LogP contribution in [0, 0.1) is 12.3 Å². The van der Waals surface area contributed by atoms with Crippen LogP contribution in [0.25, 0.3) is 0 Å². The number of hydrogen-bond donors (Lipinski definition) is 2. The Morgan fingerprint density at radius 3 is 2.59 bits per heavy atom. The number of aromatic nitrogens is 2. The highest BCUT2D eigenvalue weighted by Crippen LogP contribution is 2.34. The fourth-order valence-electron chi connectivity index (χ4n) is 2.66. The highest BCUT2D eigenvalue weighted by Gasteiger charge is 2.42. The number of rotatable bonds is 6. The second-order valence-corrected chi connectivity index (χ2v) is 5.86. The Balaban J connectivity index is 3.19. The number of carbonyl (C=O) groups is 1. The second-order valence-electron chi connectivity index (χ2n) is 5.86. The average Bonchev–Trinajstić information content (AvgIpc) is 2.48. The van der Waals surface area contributed by atoms with Crippen molar-refractivity contribution in [2.45, 2.75) is 52.7 Å². The predicted molar refractivity (Wildman–Crippen MR) is 81.8 cm³/mol. The van der Waals surface area contributed by atoms with E-state index in [2.05, 4.69) is 4.98 Å². The summed E-state index contributed by atoms with van der Waals surface area (Å²) in [5.41, 5.74) is -1.70. The van der Waals surface area contributed by atoms with Gasteiger partial charge in [-0.15, -0.1) is 0 Å². The summed E-state index contributed by atoms with van der Waals surface area (Å²) < 4.78 is 6.17. The molecule has 0 radical (unpaired) electrons. The summed E-state index contributed by atoms with van der Waals surface area (Å²) in [6.07, 6.45) is 1.17. The van der Waals surface area contributed by atoms with Crippen LogP contribution in [-0.2, 0) is 9.53 Å². The molecule has 3 atom stereocenters. The number of aliphatic hydroxyl groups is 1. The molecule has 2 N–H and O–H groups in total. The maximum atomic E-state index is 12.1. The van der Waals surface area contributed by atoms with Gasteiger partial charge in [0.1, 0.15) is 0 Å². The Hall–Kier alpha value is -1.89. The summed E-state index contributed by atoms with van der Waals surface area (Å²) >= 11 is 0. The van der Waals surface area contributed by atoms with Gasteiger partial charge in [-0.25, -0.2) is 4.79 Å². The van der Waals surface area contributed by atoms with Crippen molar-refractivity contribution in [3.8, 4) is 0 Å². The van der Waals surface area contributed by atoms with Gasteiger partial charge in [0.2, 0.25) is 0 Å². The molecular weight excluding hydrogens is 288 g/mol. The normalized spacial score (nSPS) is 16.6. The van der Waals surface area contributed by atoms with Crippen molar-refractivity contribution in [2.75, 3.05) is 7.11 Å². The number of aryl methyl sites for hydroxylation is 1. The van der Waals surface area contributed by atoms with E-state index in [4.69, 9.17) is 4.74 Å². The summed E-state index contributed by atoms with van der Waals surface area (Å²) in [5.74, 6) is -0.525. The van der Waals surface area contributed by atoms with Crippen molar-refractivity contribution in [2.24, 2.45) is 5.41 Å². The monoisotopic (exact) mass is 312 g/mol. The fourth-order valence-corrected chi connectivity index (χ4v) is 2.66. The van der Waals surface area contributed by atoms with Crippen LogP contribution in [0.4, 0.5) is 0 Å². The lowest BCUT2D eigenvalue weighted by molar-refractivity contribution is -0.160. The molecule has 2 unspecified atom stereocenters. The molecule has 124 valence electrons. The number of aliphatic hydroxyl groups excluding tert-OH is 1. The molecule has 0 spiro atoms. The molecule has 1 heterocycles. The van der Waals surface area contributed by atoms with Gasteiger partial charge < -0.3 is 9.84 Å². The molecule has 1 aromatic heterocycles. The maximum Gasteiger partial charge on any atom is 0.328 e. The van der Waals surface area contributed by atoms with Crippen LogP contribution in [0.2, 0.25) is 0 Å². The van der Waals surface area contributed by atoms with Crippen LogP contribution >= 0.6 is 0 Å². The average molecular weight is 312 g/mol. The summed E-state index contributed by atoms with van der Waals surface area (Å²) in [4.78, 5) is 37.7. The van der Waals surface area contributed by atoms with E-state index in [9.17, 15) is 19.5 Å². The van der Waals surface area contributed by atoms with Gasteiger partial charge in [0, 0.05) is 17.8 Å². The van der Waals surface area contributed by atoms with Gasteiger partial charge in [0.05, 0.1) is 18.6 Å². The van der Waals surface area contributed by atoms with E-state index in [0.29, 0.717) is 12.0 Å². The van der Waals surface area contributed by atoms with Crippen LogP contribution in [0.15, 0.2) is 15.8 Å². The molecule has 0 amide bonds. The van der Waals surface area contributed by atoms with Crippen molar-refractivity contribution in [3.05, 3.63) is 32.6 Å². The first-order chi connectivity index (χ1) is 10.2. The van der Waals surface area contributed by atoms with Gasteiger partial charge in [0.25, 0.3) is 5.56 Å². The van der Waals surface area contributed by atoms with E-state index in [0.717, 1.165) is 0 Å². The van der Waals surface area contributed by atoms with Crippen molar-refractivity contribution in [1.29, 1.82) is 0 Å². The Morgan fingerprint density at radius 1 is 1.50 bits per heavy atom. The lowest BCUT2D eigenvalue weighted by Crippen LogP contribution is -2.43. The van der Waals surface area contributed by atoms with E-state index < -0.39 is 34.8 Å². The van der Waals surface area contributed by atoms with Gasteiger partial charge in [0.15, 0.2) is 0 Å². The third kappa shape index (κ3) is 3.47. The Kier molecular flexibility index (Phi) is 5.71. The van der Waals surface area contributed by atoms with Crippen LogP contribution in [0.5, 0.6) is 0 Å². The summed E-state index contributed by atoms with van der Waals surface area (Å²) in [6.45, 7) is 6.74. The fraction of sp³-hybridized carbons (Fsp3) is 0.667. The minimum Gasteiger partial charge on any atom is -0.469 e. The van der Waals surface area contributed by atoms with Crippen molar-refractivity contribution in [1.82, 2.24) is 9.55 Å². The maximum absolute atomic E-state index is 12.1. The zero-order valence-electron chi connectivity index (χ0n) is 13.7. The molecule has 1 rings (SSSR count). The number of nitrogens with zero attached hydrogens (tertiary/aromatic N) is 1. The predicted octanol–water partition coefficient (Wildman–Crippen LogP) is 0.746. The zero-order valence-corrected chi connectivity index (χ0v) is 13.7. The molecule has 1 aromatic rings. The molecule has 0 aromatic carbocycles. The van der Waals surface area contributed by atoms with E-state index in [1.807, 2.05) is 0 Å². The van der Waals surface area contributed by atoms with Crippen molar-refractivity contribution < 1.29 is 14.6 Å². The Morgan fingerprint density at radius 2 is 2.09 bits per heavy atom. The molecule has 0 aliphatic rings. The second kappa shape index (κ2) is 6.91. The van der Waals surface area contributed by atoms with Crippen LogP contribution < -0.4 is 11.2 Å². The van der Waals surface area contributed by atoms with E-state index in [1.54, 1.807) is 27.7 Å². The number of ether oxygens (including phenoxy) is 1. The molecule has 22 heavy (non-hydrogen) atoms. The lowest BCUT2D eigenvalue weighted by Gasteiger charge is -2.33.